The number of hydrogen-bond donors (Lipinski definition) is 3. The zero-order valence-electron chi connectivity index (χ0n) is 18.7. The molecule has 2 amide bonds. The molecule has 3 aliphatic carbocycles. The Balaban J connectivity index is 1.24. The van der Waals surface area contributed by atoms with Gasteiger partial charge in [0.1, 0.15) is 5.66 Å². The van der Waals surface area contributed by atoms with E-state index < -0.39 is 5.66 Å². The van der Waals surface area contributed by atoms with Gasteiger partial charge in [-0.2, -0.15) is 0 Å². The Hall–Kier alpha value is -2.08. The lowest BCUT2D eigenvalue weighted by atomic mass is 9.51. The minimum Gasteiger partial charge on any atom is -0.362 e. The summed E-state index contributed by atoms with van der Waals surface area (Å²) in [4.78, 5) is 28.5. The lowest BCUT2D eigenvalue weighted by Gasteiger charge is -2.60. The third-order valence-electron chi connectivity index (χ3n) is 8.41. The van der Waals surface area contributed by atoms with Crippen molar-refractivity contribution < 1.29 is 9.59 Å². The Morgan fingerprint density at radius 2 is 1.94 bits per heavy atom. The lowest BCUT2D eigenvalue weighted by Crippen LogP contribution is -2.70. The zero-order chi connectivity index (χ0) is 21.5. The lowest BCUT2D eigenvalue weighted by molar-refractivity contribution is -0.139. The number of benzene rings is 1. The summed E-state index contributed by atoms with van der Waals surface area (Å²) >= 11 is 0. The normalized spacial score (nSPS) is 35.1. The fourth-order valence-corrected chi connectivity index (χ4v) is 6.67. The molecule has 168 valence electrons. The maximum Gasteiger partial charge on any atom is 0.255 e. The van der Waals surface area contributed by atoms with E-state index >= 15 is 0 Å². The van der Waals surface area contributed by atoms with Crippen LogP contribution < -0.4 is 16.0 Å². The molecule has 4 unspecified atom stereocenters. The highest BCUT2D eigenvalue weighted by Gasteiger charge is 2.60. The van der Waals surface area contributed by atoms with Crippen LogP contribution in [0.25, 0.3) is 0 Å². The first-order valence-corrected chi connectivity index (χ1v) is 12.2. The first-order chi connectivity index (χ1) is 15.0. The van der Waals surface area contributed by atoms with Gasteiger partial charge in [0, 0.05) is 30.6 Å². The number of amides is 2. The van der Waals surface area contributed by atoms with Crippen LogP contribution in [0.4, 0.5) is 5.69 Å². The van der Waals surface area contributed by atoms with Crippen LogP contribution in [0.5, 0.6) is 0 Å². The van der Waals surface area contributed by atoms with Crippen LogP contribution in [-0.4, -0.2) is 48.6 Å². The maximum absolute atomic E-state index is 13.2. The molecule has 2 heterocycles. The third kappa shape index (κ3) is 3.84. The molecule has 6 rings (SSSR count). The first-order valence-electron chi connectivity index (χ1n) is 12.2. The van der Waals surface area contributed by atoms with Gasteiger partial charge in [0.05, 0.1) is 5.56 Å². The van der Waals surface area contributed by atoms with Crippen molar-refractivity contribution >= 4 is 17.5 Å². The summed E-state index contributed by atoms with van der Waals surface area (Å²) in [5, 5.41) is 10.2. The topological polar surface area (TPSA) is 73.5 Å². The van der Waals surface area contributed by atoms with Crippen LogP contribution in [0, 0.1) is 17.3 Å². The molecule has 5 aliphatic rings. The Bertz CT molecular complexity index is 850. The van der Waals surface area contributed by atoms with E-state index in [0.717, 1.165) is 57.5 Å². The zero-order valence-corrected chi connectivity index (χ0v) is 18.7. The van der Waals surface area contributed by atoms with Crippen molar-refractivity contribution in [3.63, 3.8) is 0 Å². The van der Waals surface area contributed by atoms with Crippen molar-refractivity contribution in [3.05, 3.63) is 29.8 Å². The van der Waals surface area contributed by atoms with Gasteiger partial charge in [-0.05, 0) is 69.2 Å². The summed E-state index contributed by atoms with van der Waals surface area (Å²) in [5.41, 5.74) is 1.10. The number of carbonyl (C=O) groups is 2. The quantitative estimate of drug-likeness (QED) is 0.693. The van der Waals surface area contributed by atoms with Gasteiger partial charge in [0.25, 0.3) is 5.91 Å². The summed E-state index contributed by atoms with van der Waals surface area (Å²) in [7, 11) is 0. The molecule has 31 heavy (non-hydrogen) atoms. The summed E-state index contributed by atoms with van der Waals surface area (Å²) < 4.78 is 0. The molecule has 4 fully saturated rings. The number of nitrogens with zero attached hydrogens (tertiary/aromatic N) is 1. The molecule has 0 aromatic heterocycles. The summed E-state index contributed by atoms with van der Waals surface area (Å²) in [5.74, 6) is 0.508. The number of anilines is 1. The maximum atomic E-state index is 13.2. The average Bonchev–Trinajstić information content (AvgIpc) is 3.02. The molecule has 4 atom stereocenters. The first kappa shape index (κ1) is 20.8. The molecule has 1 aromatic rings. The second-order valence-corrected chi connectivity index (χ2v) is 10.5. The minimum absolute atomic E-state index is 0.00366. The van der Waals surface area contributed by atoms with Gasteiger partial charge in [-0.15, -0.1) is 0 Å². The van der Waals surface area contributed by atoms with E-state index in [1.54, 1.807) is 0 Å². The van der Waals surface area contributed by atoms with E-state index in [2.05, 4.69) is 27.8 Å². The van der Waals surface area contributed by atoms with Crippen molar-refractivity contribution in [1.29, 1.82) is 0 Å². The number of fused-ring (bicyclic) bond motifs is 3. The van der Waals surface area contributed by atoms with Gasteiger partial charge in [-0.25, -0.2) is 0 Å². The number of rotatable bonds is 4. The molecule has 2 bridgehead atoms. The molecule has 1 spiro atoms. The Labute approximate surface area is 185 Å². The SMILES string of the molecule is CC12CCC(CC1C(=O)NCCN1CCCCCC1)C1(C2)NC(=O)c2ccccc2N1. The Morgan fingerprint density at radius 1 is 1.16 bits per heavy atom. The molecule has 6 heteroatoms. The highest BCUT2D eigenvalue weighted by molar-refractivity contribution is 6.02. The molecular formula is C25H36N4O2. The molecule has 6 nitrogen and oxygen atoms in total. The average molecular weight is 425 g/mol. The molecule has 0 radical (unpaired) electrons. The van der Waals surface area contributed by atoms with E-state index in [-0.39, 0.29) is 29.1 Å². The molecule has 1 aromatic carbocycles. The number of nitrogens with one attached hydrogen (secondary N) is 3. The van der Waals surface area contributed by atoms with E-state index in [0.29, 0.717) is 5.56 Å². The fourth-order valence-electron chi connectivity index (χ4n) is 6.67. The van der Waals surface area contributed by atoms with Crippen LogP contribution >= 0.6 is 0 Å². The van der Waals surface area contributed by atoms with Crippen molar-refractivity contribution in [1.82, 2.24) is 15.5 Å². The van der Waals surface area contributed by atoms with Crippen molar-refractivity contribution in [3.8, 4) is 0 Å². The van der Waals surface area contributed by atoms with Gasteiger partial charge in [0.2, 0.25) is 5.91 Å². The smallest absolute Gasteiger partial charge is 0.255 e. The summed E-state index contributed by atoms with van der Waals surface area (Å²) in [6, 6.07) is 7.74. The second-order valence-electron chi connectivity index (χ2n) is 10.5. The Morgan fingerprint density at radius 3 is 2.71 bits per heavy atom. The molecular weight excluding hydrogens is 388 g/mol. The van der Waals surface area contributed by atoms with E-state index in [9.17, 15) is 9.59 Å². The van der Waals surface area contributed by atoms with E-state index in [1.807, 2.05) is 24.3 Å². The molecule has 3 N–H and O–H groups in total. The fraction of sp³-hybridized carbons (Fsp3) is 0.680. The van der Waals surface area contributed by atoms with E-state index in [4.69, 9.17) is 0 Å². The standard InChI is InChI=1S/C25H36N4O2/c1-24-11-10-18(25(17-24)27-21-9-5-4-8-19(21)22(30)28-25)16-20(24)23(31)26-12-15-29-13-6-2-3-7-14-29/h4-5,8-9,18,20,27H,2-3,6-7,10-17H2,1H3,(H,26,31)(H,28,30). The van der Waals surface area contributed by atoms with Crippen molar-refractivity contribution in [2.75, 3.05) is 31.5 Å². The monoisotopic (exact) mass is 424 g/mol. The summed E-state index contributed by atoms with van der Waals surface area (Å²) in [6.45, 7) is 6.26. The van der Waals surface area contributed by atoms with E-state index in [1.165, 1.54) is 25.7 Å². The minimum atomic E-state index is -0.429. The predicted molar refractivity (Wildman–Crippen MR) is 122 cm³/mol. The van der Waals surface area contributed by atoms with Crippen LogP contribution in [0.3, 0.4) is 0 Å². The van der Waals surface area contributed by atoms with Gasteiger partial charge >= 0.3 is 0 Å². The van der Waals surface area contributed by atoms with Crippen LogP contribution in [0.1, 0.15) is 68.6 Å². The van der Waals surface area contributed by atoms with Crippen molar-refractivity contribution in [2.45, 2.75) is 64.0 Å². The number of hydrogen-bond acceptors (Lipinski definition) is 4. The second kappa shape index (κ2) is 8.12. The number of para-hydroxylation sites is 1. The highest BCUT2D eigenvalue weighted by atomic mass is 16.2. The largest absolute Gasteiger partial charge is 0.362 e. The number of carbonyl (C=O) groups excluding carboxylic acids is 2. The molecule has 3 saturated carbocycles. The van der Waals surface area contributed by atoms with Gasteiger partial charge in [-0.3, -0.25) is 9.59 Å². The molecule has 1 saturated heterocycles. The Kier molecular flexibility index (Phi) is 5.45. The van der Waals surface area contributed by atoms with Crippen LogP contribution in [0.15, 0.2) is 24.3 Å². The number of likely N-dealkylation sites (tertiary alicyclic amines) is 1. The van der Waals surface area contributed by atoms with Crippen LogP contribution in [0.2, 0.25) is 0 Å². The molecule has 2 aliphatic heterocycles. The third-order valence-corrected chi connectivity index (χ3v) is 8.41. The van der Waals surface area contributed by atoms with Gasteiger partial charge < -0.3 is 20.9 Å². The predicted octanol–water partition coefficient (Wildman–Crippen LogP) is 3.36. The van der Waals surface area contributed by atoms with Gasteiger partial charge in [-0.1, -0.05) is 31.9 Å². The van der Waals surface area contributed by atoms with Gasteiger partial charge in [0.15, 0.2) is 0 Å². The van der Waals surface area contributed by atoms with Crippen LogP contribution in [-0.2, 0) is 4.79 Å². The van der Waals surface area contributed by atoms with Crippen molar-refractivity contribution in [2.24, 2.45) is 17.3 Å². The highest BCUT2D eigenvalue weighted by Crippen LogP contribution is 2.58. The summed E-state index contributed by atoms with van der Waals surface area (Å²) in [6.07, 6.45) is 8.95.